The van der Waals surface area contributed by atoms with Crippen LogP contribution in [0.2, 0.25) is 0 Å². The van der Waals surface area contributed by atoms with E-state index < -0.39 is 59.1 Å². The number of nitrogens with two attached hydrogens (primary N) is 7. The molecule has 106 heavy (non-hydrogen) atoms. The summed E-state index contributed by atoms with van der Waals surface area (Å²) in [5.41, 5.74) is 40.9. The zero-order chi connectivity index (χ0) is 78.3. The number of benzene rings is 4. The van der Waals surface area contributed by atoms with Crippen LogP contribution in [0.4, 0.5) is 0 Å². The maximum absolute atomic E-state index is 14.6. The van der Waals surface area contributed by atoms with E-state index in [0.29, 0.717) is 92.4 Å². The first-order valence-electron chi connectivity index (χ1n) is 34.7. The van der Waals surface area contributed by atoms with Crippen LogP contribution in [0.1, 0.15) is 159 Å². The third-order valence-electron chi connectivity index (χ3n) is 16.8. The van der Waals surface area contributed by atoms with Crippen LogP contribution in [0.25, 0.3) is 0 Å². The van der Waals surface area contributed by atoms with Crippen LogP contribution in [0.15, 0.2) is 72.8 Å². The number of carbonyl (C=O) groups is 9. The van der Waals surface area contributed by atoms with E-state index in [2.05, 4.69) is 53.2 Å². The standard InChI is InChI=1S/C71H105N23O12/c1-104-58-24-18-41(33-47(95)23-22-46(12-7-29-87-68(77)78)91-61(99)16-4-5-27-85-66(73)74)35-49(58)63(101)92-53(14-9-31-89-70(81)82)56(97)39-43-19-26-60(106-3)51(37-43)65(103)94-54(15-10-32-90-71(83)84)57(98)40-44-20-25-59(105-2)50(36-44)64(102)93-52(13-8-30-88-69(79)80)55(96)38-42-17-21-45(48(34-42)62(72)100)11-6-28-86-67(75)76/h17-21,24-26,34-37,46,52-54H,4-16,22-23,27-33,38-40H2,1-3H3,(H2,72,100)(H,91,99)(H,92,101)(H,93,102)(H,94,103)(H4,73,74,85)(H4,75,76,86)(H4,77,78,87)(H4,79,80,88)(H4,81,82,89)(H4,83,84,90)/t46?,52-,53-,54-/m1/s1. The molecule has 0 bridgehead atoms. The van der Waals surface area contributed by atoms with Gasteiger partial charge in [-0.15, -0.1) is 0 Å². The fourth-order valence-electron chi connectivity index (χ4n) is 11.5. The van der Waals surface area contributed by atoms with Crippen LogP contribution in [0.3, 0.4) is 0 Å². The Morgan fingerprint density at radius 3 is 1.03 bits per heavy atom. The third-order valence-corrected chi connectivity index (χ3v) is 16.8. The van der Waals surface area contributed by atoms with E-state index in [4.69, 9.17) is 86.8 Å². The van der Waals surface area contributed by atoms with Gasteiger partial charge in [-0.25, -0.2) is 0 Å². The number of aryl methyl sites for hydroxylation is 1. The minimum Gasteiger partial charge on any atom is -0.496 e. The maximum Gasteiger partial charge on any atom is 0.255 e. The molecule has 0 saturated carbocycles. The Morgan fingerprint density at radius 1 is 0.358 bits per heavy atom. The van der Waals surface area contributed by atoms with Crippen molar-refractivity contribution in [3.8, 4) is 17.2 Å². The first-order chi connectivity index (χ1) is 50.5. The molecule has 0 fully saturated rings. The fraction of sp³-hybridized carbons (Fsp3) is 0.451. The number of nitrogens with one attached hydrogen (secondary N) is 16. The van der Waals surface area contributed by atoms with Crippen molar-refractivity contribution in [1.29, 1.82) is 32.5 Å². The second-order valence-electron chi connectivity index (χ2n) is 25.2. The lowest BCUT2D eigenvalue weighted by atomic mass is 9.94. The van der Waals surface area contributed by atoms with Gasteiger partial charge >= 0.3 is 0 Å². The number of rotatable bonds is 50. The highest BCUT2D eigenvalue weighted by Gasteiger charge is 2.29. The summed E-state index contributed by atoms with van der Waals surface area (Å²) in [4.78, 5) is 126. The van der Waals surface area contributed by atoms with Gasteiger partial charge in [-0.05, 0) is 154 Å². The number of Topliss-reactive ketones (excluding diaryl/α,β-unsaturated/α-hetero) is 4. The summed E-state index contributed by atoms with van der Waals surface area (Å²) in [5, 5.41) is 72.8. The average molecular weight is 1470 g/mol. The van der Waals surface area contributed by atoms with Gasteiger partial charge in [0.25, 0.3) is 17.7 Å². The third kappa shape index (κ3) is 32.1. The van der Waals surface area contributed by atoms with Crippen molar-refractivity contribution in [1.82, 2.24) is 53.2 Å². The van der Waals surface area contributed by atoms with Crippen LogP contribution in [-0.2, 0) is 56.1 Å². The Hall–Kier alpha value is -12.1. The smallest absolute Gasteiger partial charge is 0.255 e. The molecule has 0 aliphatic rings. The molecule has 4 rings (SSSR count). The van der Waals surface area contributed by atoms with E-state index in [1.807, 2.05) is 0 Å². The number of hydrogen-bond acceptors (Lipinski definition) is 18. The van der Waals surface area contributed by atoms with Gasteiger partial charge in [-0.2, -0.15) is 0 Å². The van der Waals surface area contributed by atoms with Gasteiger partial charge in [0.05, 0.1) is 56.1 Å². The minimum atomic E-state index is -1.21. The monoisotopic (exact) mass is 1470 g/mol. The number of guanidine groups is 6. The Labute approximate surface area is 616 Å². The highest BCUT2D eigenvalue weighted by atomic mass is 16.5. The second kappa shape index (κ2) is 45.8. The quantitative estimate of drug-likeness (QED) is 0.0158. The van der Waals surface area contributed by atoms with E-state index in [1.54, 1.807) is 30.3 Å². The van der Waals surface area contributed by atoms with E-state index in [1.165, 1.54) is 63.8 Å². The summed E-state index contributed by atoms with van der Waals surface area (Å²) in [7, 11) is 4.02. The largest absolute Gasteiger partial charge is 0.496 e. The molecule has 4 aromatic carbocycles. The first-order valence-corrected chi connectivity index (χ1v) is 34.7. The summed E-state index contributed by atoms with van der Waals surface area (Å²) < 4.78 is 16.8. The lowest BCUT2D eigenvalue weighted by Crippen LogP contribution is -2.43. The molecule has 576 valence electrons. The predicted octanol–water partition coefficient (Wildman–Crippen LogP) is 0.0406. The summed E-state index contributed by atoms with van der Waals surface area (Å²) in [6.07, 6.45) is 3.67. The van der Waals surface area contributed by atoms with Crippen molar-refractivity contribution < 1.29 is 57.4 Å². The molecule has 30 N–H and O–H groups in total. The van der Waals surface area contributed by atoms with Gasteiger partial charge in [-0.1, -0.05) is 30.3 Å². The van der Waals surface area contributed by atoms with Gasteiger partial charge in [0, 0.05) is 89.4 Å². The molecular weight excluding hydrogens is 1370 g/mol. The Balaban J connectivity index is 1.57. The number of ketones is 4. The van der Waals surface area contributed by atoms with Gasteiger partial charge in [0.2, 0.25) is 11.8 Å². The molecule has 0 radical (unpaired) electrons. The number of unbranched alkanes of at least 4 members (excludes halogenated alkanes) is 1. The molecule has 1 unspecified atom stereocenters. The Kier molecular flexibility index (Phi) is 37.3. The number of hydrogen-bond donors (Lipinski definition) is 23. The molecule has 0 heterocycles. The number of amides is 5. The van der Waals surface area contributed by atoms with E-state index in [0.717, 1.165) is 0 Å². The van der Waals surface area contributed by atoms with Crippen LogP contribution in [-0.4, -0.2) is 173 Å². The van der Waals surface area contributed by atoms with Crippen molar-refractivity contribution in [2.24, 2.45) is 40.1 Å². The van der Waals surface area contributed by atoms with E-state index in [-0.39, 0.29) is 190 Å². The number of ether oxygens (including phenoxy) is 3. The molecule has 0 saturated heterocycles. The molecule has 35 nitrogen and oxygen atoms in total. The van der Waals surface area contributed by atoms with Crippen molar-refractivity contribution in [2.75, 3.05) is 60.6 Å². The molecule has 0 spiro atoms. The van der Waals surface area contributed by atoms with Gasteiger partial charge < -0.3 is 108 Å². The molecule has 4 atom stereocenters. The van der Waals surface area contributed by atoms with Crippen molar-refractivity contribution >= 4 is 88.4 Å². The van der Waals surface area contributed by atoms with Crippen molar-refractivity contribution in [3.63, 3.8) is 0 Å². The number of methoxy groups -OCH3 is 3. The van der Waals surface area contributed by atoms with Gasteiger partial charge in [0.1, 0.15) is 23.0 Å². The predicted molar refractivity (Wildman–Crippen MR) is 402 cm³/mol. The zero-order valence-corrected chi connectivity index (χ0v) is 60.4. The number of carbonyl (C=O) groups excluding carboxylic acids is 9. The topological polar surface area (TPSA) is 627 Å². The zero-order valence-electron chi connectivity index (χ0n) is 60.4. The lowest BCUT2D eigenvalue weighted by Gasteiger charge is -2.21. The lowest BCUT2D eigenvalue weighted by molar-refractivity contribution is -0.123. The van der Waals surface area contributed by atoms with Gasteiger partial charge in [-0.3, -0.25) is 75.6 Å². The molecule has 5 amide bonds. The Morgan fingerprint density at radius 2 is 0.679 bits per heavy atom. The molecular formula is C71H105N23O12. The van der Waals surface area contributed by atoms with Crippen LogP contribution in [0, 0.1) is 32.5 Å². The number of primary amides is 1. The molecule has 35 heteroatoms. The van der Waals surface area contributed by atoms with Crippen LogP contribution in [0.5, 0.6) is 17.2 Å². The Bertz CT molecular complexity index is 3770. The van der Waals surface area contributed by atoms with Crippen LogP contribution < -0.4 is 108 Å². The summed E-state index contributed by atoms with van der Waals surface area (Å²) in [5.74, 6) is -5.91. The fourth-order valence-corrected chi connectivity index (χ4v) is 11.5. The molecule has 0 aliphatic carbocycles. The van der Waals surface area contributed by atoms with E-state index in [9.17, 15) is 43.2 Å². The average Bonchev–Trinajstić information content (AvgIpc) is 0.789. The summed E-state index contributed by atoms with van der Waals surface area (Å²) in [6.45, 7) is 1.70. The highest BCUT2D eigenvalue weighted by Crippen LogP contribution is 2.26. The summed E-state index contributed by atoms with van der Waals surface area (Å²) in [6, 6.07) is 14.6. The van der Waals surface area contributed by atoms with Gasteiger partial charge in [0.15, 0.2) is 53.1 Å². The maximum atomic E-state index is 14.6. The molecule has 4 aromatic rings. The molecule has 0 aliphatic heterocycles. The highest BCUT2D eigenvalue weighted by molar-refractivity contribution is 6.04. The van der Waals surface area contributed by atoms with Crippen LogP contribution >= 0.6 is 0 Å². The normalized spacial score (nSPS) is 11.8. The van der Waals surface area contributed by atoms with E-state index >= 15 is 0 Å². The molecule has 0 aromatic heterocycles. The first kappa shape index (κ1) is 86.3. The summed E-state index contributed by atoms with van der Waals surface area (Å²) >= 11 is 0. The SMILES string of the molecule is COc1ccc(CC(=O)CCC(CCCNC(=N)N)NC(=O)CCCCNC(=N)N)cc1C(=O)N[C@H](CCCNC(=N)N)C(=O)Cc1ccc(OC)c(C(=O)N[C@H](CCCNC(=N)N)C(=O)Cc2ccc(OC)c(C(=O)N[C@H](CCCNC(=N)N)C(=O)Cc3ccc(CCCNC(=N)N)c(C(N)=O)c3)c2)c1. The van der Waals surface area contributed by atoms with Crippen molar-refractivity contribution in [2.45, 2.75) is 146 Å². The second-order valence-corrected chi connectivity index (χ2v) is 25.2. The van der Waals surface area contributed by atoms with Crippen molar-refractivity contribution in [3.05, 3.63) is 123 Å². The minimum absolute atomic E-state index is 0.0221.